The number of nitrogen functional groups attached to an aromatic ring is 1. The summed E-state index contributed by atoms with van der Waals surface area (Å²) in [5.41, 5.74) is 7.25. The van der Waals surface area contributed by atoms with Gasteiger partial charge in [-0.3, -0.25) is 5.10 Å². The maximum absolute atomic E-state index is 5.51. The molecule has 0 aliphatic heterocycles. The molecule has 0 amide bonds. The summed E-state index contributed by atoms with van der Waals surface area (Å²) in [5.74, 6) is 1.81. The highest BCUT2D eigenvalue weighted by Crippen LogP contribution is 2.40. The van der Waals surface area contributed by atoms with Gasteiger partial charge in [0.2, 0.25) is 0 Å². The molecule has 5 nitrogen and oxygen atoms in total. The number of hydrogen-bond donors (Lipinski definition) is 2. The quantitative estimate of drug-likeness (QED) is 0.752. The highest BCUT2D eigenvalue weighted by molar-refractivity contribution is 5.56. The fourth-order valence-electron chi connectivity index (χ4n) is 1.44. The van der Waals surface area contributed by atoms with Crippen molar-refractivity contribution in [1.29, 1.82) is 0 Å². The lowest BCUT2D eigenvalue weighted by molar-refractivity contribution is 0.422. The standard InChI is InChI=1S/C9H10N4O/c10-9-4-7(11-12-9)8-3-6(13-14-8)5-1-2-5/h3-5H,1-2H2,(H3,10,11,12). The predicted molar refractivity (Wildman–Crippen MR) is 50.5 cm³/mol. The summed E-state index contributed by atoms with van der Waals surface area (Å²) in [6.07, 6.45) is 2.43. The Kier molecular flexibility index (Phi) is 1.41. The number of nitrogens with one attached hydrogen (secondary N) is 1. The summed E-state index contributed by atoms with van der Waals surface area (Å²) in [6.45, 7) is 0. The fraction of sp³-hybridized carbons (Fsp3) is 0.333. The molecule has 1 fully saturated rings. The maximum Gasteiger partial charge on any atom is 0.187 e. The van der Waals surface area contributed by atoms with Crippen LogP contribution >= 0.6 is 0 Å². The molecular formula is C9H10N4O. The van der Waals surface area contributed by atoms with E-state index in [2.05, 4.69) is 15.4 Å². The van der Waals surface area contributed by atoms with E-state index in [-0.39, 0.29) is 0 Å². The lowest BCUT2D eigenvalue weighted by atomic mass is 10.2. The first-order valence-electron chi connectivity index (χ1n) is 4.61. The van der Waals surface area contributed by atoms with Crippen LogP contribution in [-0.2, 0) is 0 Å². The molecule has 2 aromatic rings. The van der Waals surface area contributed by atoms with Crippen molar-refractivity contribution in [3.05, 3.63) is 17.8 Å². The van der Waals surface area contributed by atoms with Crippen LogP contribution in [0.4, 0.5) is 5.82 Å². The van der Waals surface area contributed by atoms with Gasteiger partial charge in [-0.05, 0) is 12.8 Å². The van der Waals surface area contributed by atoms with E-state index >= 15 is 0 Å². The van der Waals surface area contributed by atoms with Gasteiger partial charge in [0.15, 0.2) is 5.76 Å². The molecule has 1 aliphatic carbocycles. The van der Waals surface area contributed by atoms with Crippen LogP contribution in [0.2, 0.25) is 0 Å². The molecular weight excluding hydrogens is 180 g/mol. The zero-order valence-corrected chi connectivity index (χ0v) is 7.53. The number of rotatable bonds is 2. The zero-order chi connectivity index (χ0) is 9.54. The van der Waals surface area contributed by atoms with Crippen molar-refractivity contribution in [3.8, 4) is 11.5 Å². The van der Waals surface area contributed by atoms with Crippen LogP contribution in [-0.4, -0.2) is 15.4 Å². The number of nitrogens with zero attached hydrogens (tertiary/aromatic N) is 2. The molecule has 3 rings (SSSR count). The molecule has 0 radical (unpaired) electrons. The van der Waals surface area contributed by atoms with Crippen LogP contribution in [0.25, 0.3) is 11.5 Å². The van der Waals surface area contributed by atoms with E-state index < -0.39 is 0 Å². The topological polar surface area (TPSA) is 80.7 Å². The van der Waals surface area contributed by atoms with Crippen molar-refractivity contribution in [2.24, 2.45) is 0 Å². The molecule has 0 bridgehead atoms. The minimum absolute atomic E-state index is 0.532. The smallest absolute Gasteiger partial charge is 0.187 e. The summed E-state index contributed by atoms with van der Waals surface area (Å²) < 4.78 is 5.18. The first-order valence-corrected chi connectivity index (χ1v) is 4.61. The Morgan fingerprint density at radius 1 is 1.43 bits per heavy atom. The van der Waals surface area contributed by atoms with Gasteiger partial charge in [-0.25, -0.2) is 0 Å². The Balaban J connectivity index is 1.95. The highest BCUT2D eigenvalue weighted by atomic mass is 16.5. The second-order valence-corrected chi connectivity index (χ2v) is 3.60. The van der Waals surface area contributed by atoms with Crippen molar-refractivity contribution in [2.75, 3.05) is 5.73 Å². The number of anilines is 1. The molecule has 0 atom stereocenters. The van der Waals surface area contributed by atoms with Crippen molar-refractivity contribution in [2.45, 2.75) is 18.8 Å². The third-order valence-electron chi connectivity index (χ3n) is 2.37. The first kappa shape index (κ1) is 7.61. The van der Waals surface area contributed by atoms with Crippen LogP contribution in [0, 0.1) is 0 Å². The zero-order valence-electron chi connectivity index (χ0n) is 7.53. The lowest BCUT2D eigenvalue weighted by Crippen LogP contribution is -1.81. The molecule has 2 heterocycles. The lowest BCUT2D eigenvalue weighted by Gasteiger charge is -1.82. The van der Waals surface area contributed by atoms with E-state index in [1.54, 1.807) is 6.07 Å². The Morgan fingerprint density at radius 2 is 2.29 bits per heavy atom. The summed E-state index contributed by atoms with van der Waals surface area (Å²) in [6, 6.07) is 3.67. The van der Waals surface area contributed by atoms with E-state index in [0.29, 0.717) is 23.2 Å². The van der Waals surface area contributed by atoms with Gasteiger partial charge in [0.05, 0.1) is 5.69 Å². The van der Waals surface area contributed by atoms with Crippen molar-refractivity contribution >= 4 is 5.82 Å². The third-order valence-corrected chi connectivity index (χ3v) is 2.37. The Hall–Kier alpha value is -1.78. The SMILES string of the molecule is Nc1cc(-c2cc(C3CC3)no2)n[nH]1. The van der Waals surface area contributed by atoms with Gasteiger partial charge in [0, 0.05) is 18.1 Å². The number of nitrogens with two attached hydrogens (primary N) is 1. The molecule has 14 heavy (non-hydrogen) atoms. The Morgan fingerprint density at radius 3 is 2.93 bits per heavy atom. The van der Waals surface area contributed by atoms with Crippen molar-refractivity contribution in [3.63, 3.8) is 0 Å². The summed E-state index contributed by atoms with van der Waals surface area (Å²) in [5, 5.41) is 10.7. The van der Waals surface area contributed by atoms with Crippen molar-refractivity contribution < 1.29 is 4.52 Å². The average Bonchev–Trinajstić information content (AvgIpc) is 2.76. The second-order valence-electron chi connectivity index (χ2n) is 3.60. The molecule has 72 valence electrons. The Labute approximate surface area is 80.3 Å². The van der Waals surface area contributed by atoms with E-state index in [9.17, 15) is 0 Å². The second kappa shape index (κ2) is 2.60. The fourth-order valence-corrected chi connectivity index (χ4v) is 1.44. The van der Waals surface area contributed by atoms with Crippen LogP contribution < -0.4 is 5.73 Å². The molecule has 0 unspecified atom stereocenters. The molecule has 1 saturated carbocycles. The van der Waals surface area contributed by atoms with Crippen LogP contribution in [0.3, 0.4) is 0 Å². The van der Waals surface area contributed by atoms with Gasteiger partial charge in [0.25, 0.3) is 0 Å². The number of H-pyrrole nitrogens is 1. The van der Waals surface area contributed by atoms with E-state index in [0.717, 1.165) is 5.69 Å². The largest absolute Gasteiger partial charge is 0.384 e. The molecule has 1 aliphatic rings. The van der Waals surface area contributed by atoms with Crippen LogP contribution in [0.15, 0.2) is 16.7 Å². The van der Waals surface area contributed by atoms with Crippen LogP contribution in [0.1, 0.15) is 24.5 Å². The average molecular weight is 190 g/mol. The normalized spacial score (nSPS) is 16.0. The van der Waals surface area contributed by atoms with Crippen LogP contribution in [0.5, 0.6) is 0 Å². The summed E-state index contributed by atoms with van der Waals surface area (Å²) in [4.78, 5) is 0. The first-order chi connectivity index (χ1) is 6.83. The van der Waals surface area contributed by atoms with Gasteiger partial charge in [-0.15, -0.1) is 0 Å². The van der Waals surface area contributed by atoms with Gasteiger partial charge < -0.3 is 10.3 Å². The van der Waals surface area contributed by atoms with Gasteiger partial charge in [0.1, 0.15) is 11.5 Å². The van der Waals surface area contributed by atoms with Gasteiger partial charge in [-0.1, -0.05) is 5.16 Å². The predicted octanol–water partition coefficient (Wildman–Crippen LogP) is 1.52. The van der Waals surface area contributed by atoms with E-state index in [1.807, 2.05) is 6.07 Å². The minimum atomic E-state index is 0.532. The van der Waals surface area contributed by atoms with Gasteiger partial charge in [-0.2, -0.15) is 5.10 Å². The highest BCUT2D eigenvalue weighted by Gasteiger charge is 2.27. The molecule has 0 aromatic carbocycles. The molecule has 3 N–H and O–H groups in total. The maximum atomic E-state index is 5.51. The third kappa shape index (κ3) is 1.17. The summed E-state index contributed by atoms with van der Waals surface area (Å²) >= 11 is 0. The minimum Gasteiger partial charge on any atom is -0.384 e. The van der Waals surface area contributed by atoms with Crippen molar-refractivity contribution in [1.82, 2.24) is 15.4 Å². The van der Waals surface area contributed by atoms with E-state index in [1.165, 1.54) is 12.8 Å². The number of hydrogen-bond acceptors (Lipinski definition) is 4. The molecule has 0 saturated heterocycles. The summed E-state index contributed by atoms with van der Waals surface area (Å²) in [7, 11) is 0. The number of aromatic amines is 1. The Bertz CT molecular complexity index is 455. The molecule has 5 heteroatoms. The molecule has 2 aromatic heterocycles. The van der Waals surface area contributed by atoms with Gasteiger partial charge >= 0.3 is 0 Å². The molecule has 0 spiro atoms. The number of aromatic nitrogens is 3. The monoisotopic (exact) mass is 190 g/mol. The van der Waals surface area contributed by atoms with E-state index in [4.69, 9.17) is 10.3 Å².